The zero-order valence-electron chi connectivity index (χ0n) is 14.7. The van der Waals surface area contributed by atoms with Crippen LogP contribution in [0.15, 0.2) is 0 Å². The Bertz CT molecular complexity index is 275. The summed E-state index contributed by atoms with van der Waals surface area (Å²) >= 11 is 0. The van der Waals surface area contributed by atoms with E-state index >= 15 is 0 Å². The van der Waals surface area contributed by atoms with Gasteiger partial charge in [0.05, 0.1) is 0 Å². The summed E-state index contributed by atoms with van der Waals surface area (Å²) in [6.45, 7) is 17.2. The first-order chi connectivity index (χ1) is 9.31. The highest BCUT2D eigenvalue weighted by atomic mass is 16.5. The molecule has 120 valence electrons. The van der Waals surface area contributed by atoms with E-state index in [1.54, 1.807) is 7.11 Å². The Labute approximate surface area is 126 Å². The quantitative estimate of drug-likeness (QED) is 0.811. The Hall–Kier alpha value is -0.120. The van der Waals surface area contributed by atoms with Gasteiger partial charge < -0.3 is 10.1 Å². The second kappa shape index (κ2) is 7.77. The van der Waals surface area contributed by atoms with Crippen molar-refractivity contribution < 1.29 is 4.74 Å². The third kappa shape index (κ3) is 4.71. The molecule has 1 aliphatic heterocycles. The summed E-state index contributed by atoms with van der Waals surface area (Å²) in [6.07, 6.45) is 2.38. The van der Waals surface area contributed by atoms with Crippen molar-refractivity contribution in [1.29, 1.82) is 0 Å². The molecule has 1 rings (SSSR count). The lowest BCUT2D eigenvalue weighted by Crippen LogP contribution is -2.63. The minimum atomic E-state index is 0.319. The molecule has 0 aliphatic carbocycles. The van der Waals surface area contributed by atoms with Crippen molar-refractivity contribution in [2.24, 2.45) is 11.3 Å². The van der Waals surface area contributed by atoms with Crippen molar-refractivity contribution in [1.82, 2.24) is 10.2 Å². The Morgan fingerprint density at radius 2 is 1.95 bits per heavy atom. The van der Waals surface area contributed by atoms with Gasteiger partial charge in [-0.2, -0.15) is 0 Å². The van der Waals surface area contributed by atoms with Crippen LogP contribution in [-0.4, -0.2) is 49.8 Å². The van der Waals surface area contributed by atoms with Crippen LogP contribution in [0.4, 0.5) is 0 Å². The summed E-state index contributed by atoms with van der Waals surface area (Å²) in [6, 6.07) is 1.83. The van der Waals surface area contributed by atoms with Crippen molar-refractivity contribution in [2.45, 2.75) is 72.5 Å². The van der Waals surface area contributed by atoms with Crippen LogP contribution in [0.1, 0.15) is 54.4 Å². The molecule has 0 saturated carbocycles. The van der Waals surface area contributed by atoms with E-state index in [2.05, 4.69) is 51.8 Å². The molecule has 0 spiro atoms. The Balaban J connectivity index is 2.77. The van der Waals surface area contributed by atoms with E-state index in [4.69, 9.17) is 4.74 Å². The highest BCUT2D eigenvalue weighted by Gasteiger charge is 2.37. The van der Waals surface area contributed by atoms with Crippen molar-refractivity contribution in [3.8, 4) is 0 Å². The number of ether oxygens (including phenoxy) is 1. The molecule has 3 nitrogen and oxygen atoms in total. The van der Waals surface area contributed by atoms with E-state index in [9.17, 15) is 0 Å². The fourth-order valence-electron chi connectivity index (χ4n) is 3.13. The Morgan fingerprint density at radius 1 is 1.30 bits per heavy atom. The molecule has 0 amide bonds. The molecular weight excluding hydrogens is 248 g/mol. The number of piperazine rings is 1. The normalized spacial score (nSPS) is 28.4. The molecule has 3 heteroatoms. The van der Waals surface area contributed by atoms with Gasteiger partial charge in [0.25, 0.3) is 0 Å². The summed E-state index contributed by atoms with van der Waals surface area (Å²) in [5, 5.41) is 3.79. The average Bonchev–Trinajstić information content (AvgIpc) is 2.42. The monoisotopic (exact) mass is 284 g/mol. The van der Waals surface area contributed by atoms with Crippen molar-refractivity contribution in [3.05, 3.63) is 0 Å². The van der Waals surface area contributed by atoms with E-state index in [1.807, 2.05) is 0 Å². The number of rotatable bonds is 6. The third-order valence-electron chi connectivity index (χ3n) is 5.04. The van der Waals surface area contributed by atoms with E-state index in [0.717, 1.165) is 32.0 Å². The van der Waals surface area contributed by atoms with Crippen LogP contribution in [0.5, 0.6) is 0 Å². The summed E-state index contributed by atoms with van der Waals surface area (Å²) in [5.74, 6) is 0.744. The zero-order chi connectivity index (χ0) is 15.3. The van der Waals surface area contributed by atoms with Crippen LogP contribution in [0.3, 0.4) is 0 Å². The van der Waals surface area contributed by atoms with Gasteiger partial charge in [0.15, 0.2) is 0 Å². The number of hydrogen-bond acceptors (Lipinski definition) is 3. The molecule has 4 atom stereocenters. The van der Waals surface area contributed by atoms with Crippen LogP contribution in [0.2, 0.25) is 0 Å². The van der Waals surface area contributed by atoms with Crippen molar-refractivity contribution in [2.75, 3.05) is 26.8 Å². The molecule has 1 saturated heterocycles. The van der Waals surface area contributed by atoms with Crippen molar-refractivity contribution >= 4 is 0 Å². The van der Waals surface area contributed by atoms with E-state index in [1.165, 1.54) is 6.42 Å². The van der Waals surface area contributed by atoms with E-state index in [0.29, 0.717) is 23.5 Å². The van der Waals surface area contributed by atoms with Gasteiger partial charge in [0, 0.05) is 44.9 Å². The maximum Gasteiger partial charge on any atom is 0.0477 e. The van der Waals surface area contributed by atoms with E-state index in [-0.39, 0.29) is 0 Å². The van der Waals surface area contributed by atoms with Gasteiger partial charge in [0.1, 0.15) is 0 Å². The molecule has 1 heterocycles. The molecule has 0 bridgehead atoms. The predicted molar refractivity (Wildman–Crippen MR) is 87.1 cm³/mol. The molecule has 0 aromatic rings. The van der Waals surface area contributed by atoms with Gasteiger partial charge in [-0.1, -0.05) is 41.0 Å². The number of nitrogens with one attached hydrogen (secondary N) is 1. The van der Waals surface area contributed by atoms with Gasteiger partial charge in [0.2, 0.25) is 0 Å². The maximum absolute atomic E-state index is 5.28. The SMILES string of the molecule is CCC(C)C1CNC(C(C)(C)C)CN1C(C)CCOC. The summed E-state index contributed by atoms with van der Waals surface area (Å²) in [5.41, 5.74) is 0.319. The molecule has 20 heavy (non-hydrogen) atoms. The first-order valence-corrected chi connectivity index (χ1v) is 8.29. The van der Waals surface area contributed by atoms with Gasteiger partial charge >= 0.3 is 0 Å². The summed E-state index contributed by atoms with van der Waals surface area (Å²) in [4.78, 5) is 2.74. The zero-order valence-corrected chi connectivity index (χ0v) is 14.7. The molecule has 1 fully saturated rings. The third-order valence-corrected chi connectivity index (χ3v) is 5.04. The van der Waals surface area contributed by atoms with Crippen molar-refractivity contribution in [3.63, 3.8) is 0 Å². The fraction of sp³-hybridized carbons (Fsp3) is 1.00. The van der Waals surface area contributed by atoms with Crippen LogP contribution in [-0.2, 0) is 4.74 Å². The van der Waals surface area contributed by atoms with Gasteiger partial charge in [-0.3, -0.25) is 4.90 Å². The topological polar surface area (TPSA) is 24.5 Å². The molecular formula is C17H36N2O. The minimum absolute atomic E-state index is 0.319. The lowest BCUT2D eigenvalue weighted by molar-refractivity contribution is 0.0197. The predicted octanol–water partition coefficient (Wildman–Crippen LogP) is 3.15. The first kappa shape index (κ1) is 17.9. The molecule has 1 aliphatic rings. The second-order valence-corrected chi connectivity index (χ2v) is 7.61. The molecule has 1 N–H and O–H groups in total. The Kier molecular flexibility index (Phi) is 6.96. The first-order valence-electron chi connectivity index (χ1n) is 8.29. The molecule has 4 unspecified atom stereocenters. The van der Waals surface area contributed by atoms with Crippen LogP contribution >= 0.6 is 0 Å². The summed E-state index contributed by atoms with van der Waals surface area (Å²) < 4.78 is 5.28. The highest BCUT2D eigenvalue weighted by molar-refractivity contribution is 4.95. The van der Waals surface area contributed by atoms with Gasteiger partial charge in [-0.15, -0.1) is 0 Å². The summed E-state index contributed by atoms with van der Waals surface area (Å²) in [7, 11) is 1.80. The molecule has 0 radical (unpaired) electrons. The highest BCUT2D eigenvalue weighted by Crippen LogP contribution is 2.28. The lowest BCUT2D eigenvalue weighted by atomic mass is 9.82. The van der Waals surface area contributed by atoms with Crippen LogP contribution in [0, 0.1) is 11.3 Å². The Morgan fingerprint density at radius 3 is 2.45 bits per heavy atom. The fourth-order valence-corrected chi connectivity index (χ4v) is 3.13. The minimum Gasteiger partial charge on any atom is -0.385 e. The number of hydrogen-bond donors (Lipinski definition) is 1. The number of nitrogens with zero attached hydrogens (tertiary/aromatic N) is 1. The molecule has 0 aromatic carbocycles. The lowest BCUT2D eigenvalue weighted by Gasteiger charge is -2.49. The maximum atomic E-state index is 5.28. The second-order valence-electron chi connectivity index (χ2n) is 7.61. The molecule has 0 aromatic heterocycles. The van der Waals surface area contributed by atoms with E-state index < -0.39 is 0 Å². The van der Waals surface area contributed by atoms with Crippen LogP contribution < -0.4 is 5.32 Å². The average molecular weight is 284 g/mol. The standard InChI is InChI=1S/C17H36N2O/c1-8-13(2)15-11-18-16(17(4,5)6)12-19(15)14(3)9-10-20-7/h13-16,18H,8-12H2,1-7H3. The van der Waals surface area contributed by atoms with Gasteiger partial charge in [-0.05, 0) is 24.7 Å². The van der Waals surface area contributed by atoms with Crippen LogP contribution in [0.25, 0.3) is 0 Å². The largest absolute Gasteiger partial charge is 0.385 e. The smallest absolute Gasteiger partial charge is 0.0477 e. The van der Waals surface area contributed by atoms with Gasteiger partial charge in [-0.25, -0.2) is 0 Å². The number of methoxy groups -OCH3 is 1.